The van der Waals surface area contributed by atoms with Gasteiger partial charge in [0.05, 0.1) is 0 Å². The summed E-state index contributed by atoms with van der Waals surface area (Å²) < 4.78 is 0. The largest absolute Gasteiger partial charge is 0.343 e. The summed E-state index contributed by atoms with van der Waals surface area (Å²) in [6, 6.07) is 0.536. The Balaban J connectivity index is 1.49. The van der Waals surface area contributed by atoms with Crippen LogP contribution in [0.5, 0.6) is 0 Å². The topological polar surface area (TPSA) is 60.9 Å². The Hall–Kier alpha value is -1.59. The third-order valence-corrected chi connectivity index (χ3v) is 8.70. The van der Waals surface area contributed by atoms with E-state index in [4.69, 9.17) is 0 Å². The van der Waals surface area contributed by atoms with Gasteiger partial charge in [-0.25, -0.2) is 0 Å². The maximum atomic E-state index is 12.6. The van der Waals surface area contributed by atoms with Crippen LogP contribution in [-0.4, -0.2) is 70.7 Å². The Kier molecular flexibility index (Phi) is 8.26. The van der Waals surface area contributed by atoms with E-state index in [0.29, 0.717) is 42.1 Å². The van der Waals surface area contributed by atoms with Gasteiger partial charge in [-0.3, -0.25) is 14.4 Å². The zero-order chi connectivity index (χ0) is 23.6. The van der Waals surface area contributed by atoms with Crippen LogP contribution >= 0.6 is 0 Å². The molecule has 3 heterocycles. The van der Waals surface area contributed by atoms with Gasteiger partial charge in [0.1, 0.15) is 0 Å². The highest BCUT2D eigenvalue weighted by atomic mass is 16.2. The van der Waals surface area contributed by atoms with Gasteiger partial charge in [0.15, 0.2) is 0 Å². The van der Waals surface area contributed by atoms with Crippen molar-refractivity contribution < 1.29 is 14.4 Å². The van der Waals surface area contributed by atoms with E-state index in [1.165, 1.54) is 0 Å². The molecule has 32 heavy (non-hydrogen) atoms. The molecular weight excluding hydrogens is 402 g/mol. The molecule has 3 fully saturated rings. The molecule has 0 aliphatic carbocycles. The zero-order valence-electron chi connectivity index (χ0n) is 21.2. The molecule has 5 unspecified atom stereocenters. The fourth-order valence-corrected chi connectivity index (χ4v) is 6.19. The molecular formula is C26H45N3O3. The van der Waals surface area contributed by atoms with Crippen molar-refractivity contribution >= 4 is 17.7 Å². The fraction of sp³-hybridized carbons (Fsp3) is 0.885. The fourth-order valence-electron chi connectivity index (χ4n) is 6.19. The first-order valence-corrected chi connectivity index (χ1v) is 12.9. The Morgan fingerprint density at radius 2 is 1.47 bits per heavy atom. The van der Waals surface area contributed by atoms with Crippen LogP contribution in [0.1, 0.15) is 80.1 Å². The summed E-state index contributed by atoms with van der Waals surface area (Å²) in [6.07, 6.45) is 5.63. The third kappa shape index (κ3) is 5.66. The second-order valence-electron chi connectivity index (χ2n) is 11.3. The van der Waals surface area contributed by atoms with Gasteiger partial charge in [-0.05, 0) is 61.7 Å². The number of carbonyl (C=O) groups excluding carboxylic acids is 3. The first-order valence-electron chi connectivity index (χ1n) is 12.9. The lowest BCUT2D eigenvalue weighted by atomic mass is 9.87. The van der Waals surface area contributed by atoms with Crippen LogP contribution in [0.25, 0.3) is 0 Å². The van der Waals surface area contributed by atoms with Gasteiger partial charge in [-0.2, -0.15) is 0 Å². The predicted octanol–water partition coefficient (Wildman–Crippen LogP) is 3.79. The standard InChI is InChI=1S/C26H45N3O3/c1-17(2)23-15-28(16-23)26(32)10-7-18(3)25-9-8-24(29(25)21(6)31)13-19(4)22-11-12-27(14-22)20(5)30/h17-19,22-25H,7-16H2,1-6H3. The average Bonchev–Trinajstić information content (AvgIpc) is 3.32. The van der Waals surface area contributed by atoms with Gasteiger partial charge in [0, 0.05) is 58.5 Å². The summed E-state index contributed by atoms with van der Waals surface area (Å²) >= 11 is 0. The van der Waals surface area contributed by atoms with Crippen LogP contribution in [0.3, 0.4) is 0 Å². The summed E-state index contributed by atoms with van der Waals surface area (Å²) in [6.45, 7) is 15.9. The molecule has 0 aromatic heterocycles. The minimum Gasteiger partial charge on any atom is -0.343 e. The third-order valence-electron chi connectivity index (χ3n) is 8.70. The van der Waals surface area contributed by atoms with E-state index in [0.717, 1.165) is 58.3 Å². The van der Waals surface area contributed by atoms with Crippen molar-refractivity contribution in [3.63, 3.8) is 0 Å². The van der Waals surface area contributed by atoms with Crippen molar-refractivity contribution in [3.05, 3.63) is 0 Å². The van der Waals surface area contributed by atoms with Crippen molar-refractivity contribution in [2.45, 2.75) is 92.2 Å². The maximum Gasteiger partial charge on any atom is 0.222 e. The highest BCUT2D eigenvalue weighted by Crippen LogP contribution is 2.37. The second-order valence-corrected chi connectivity index (χ2v) is 11.3. The van der Waals surface area contributed by atoms with Gasteiger partial charge in [0.2, 0.25) is 17.7 Å². The van der Waals surface area contributed by atoms with E-state index in [1.807, 2.05) is 9.80 Å². The van der Waals surface area contributed by atoms with Crippen LogP contribution < -0.4 is 0 Å². The van der Waals surface area contributed by atoms with E-state index in [1.54, 1.807) is 13.8 Å². The molecule has 6 nitrogen and oxygen atoms in total. The molecule has 0 bridgehead atoms. The Morgan fingerprint density at radius 1 is 0.812 bits per heavy atom. The molecule has 3 saturated heterocycles. The molecule has 0 N–H and O–H groups in total. The first-order chi connectivity index (χ1) is 15.1. The van der Waals surface area contributed by atoms with Crippen molar-refractivity contribution in [2.24, 2.45) is 29.6 Å². The maximum absolute atomic E-state index is 12.6. The van der Waals surface area contributed by atoms with Crippen LogP contribution in [0.15, 0.2) is 0 Å². The number of carbonyl (C=O) groups is 3. The lowest BCUT2D eigenvalue weighted by Crippen LogP contribution is -2.52. The van der Waals surface area contributed by atoms with Gasteiger partial charge < -0.3 is 14.7 Å². The van der Waals surface area contributed by atoms with Crippen molar-refractivity contribution in [1.82, 2.24) is 14.7 Å². The van der Waals surface area contributed by atoms with E-state index >= 15 is 0 Å². The summed E-state index contributed by atoms with van der Waals surface area (Å²) in [4.78, 5) is 43.0. The number of nitrogens with zero attached hydrogens (tertiary/aromatic N) is 3. The number of amides is 3. The van der Waals surface area contributed by atoms with Crippen molar-refractivity contribution in [2.75, 3.05) is 26.2 Å². The molecule has 0 aromatic rings. The Bertz CT molecular complexity index is 688. The molecule has 5 atom stereocenters. The molecule has 182 valence electrons. The number of rotatable bonds is 8. The molecule has 0 radical (unpaired) electrons. The quantitative estimate of drug-likeness (QED) is 0.569. The van der Waals surface area contributed by atoms with Gasteiger partial charge in [-0.15, -0.1) is 0 Å². The summed E-state index contributed by atoms with van der Waals surface area (Å²) in [5.74, 6) is 3.30. The highest BCUT2D eigenvalue weighted by molar-refractivity contribution is 5.77. The monoisotopic (exact) mass is 447 g/mol. The van der Waals surface area contributed by atoms with E-state index in [-0.39, 0.29) is 23.8 Å². The summed E-state index contributed by atoms with van der Waals surface area (Å²) in [5.41, 5.74) is 0. The van der Waals surface area contributed by atoms with Crippen molar-refractivity contribution in [1.29, 1.82) is 0 Å². The average molecular weight is 448 g/mol. The van der Waals surface area contributed by atoms with Gasteiger partial charge in [0.25, 0.3) is 0 Å². The Morgan fingerprint density at radius 3 is 2.03 bits per heavy atom. The number of hydrogen-bond acceptors (Lipinski definition) is 3. The molecule has 3 aliphatic heterocycles. The minimum absolute atomic E-state index is 0.169. The van der Waals surface area contributed by atoms with Crippen molar-refractivity contribution in [3.8, 4) is 0 Å². The summed E-state index contributed by atoms with van der Waals surface area (Å²) in [7, 11) is 0. The van der Waals surface area contributed by atoms with E-state index in [2.05, 4.69) is 32.6 Å². The zero-order valence-corrected chi connectivity index (χ0v) is 21.2. The molecule has 0 spiro atoms. The molecule has 3 amide bonds. The number of likely N-dealkylation sites (tertiary alicyclic amines) is 3. The molecule has 3 aliphatic rings. The van der Waals surface area contributed by atoms with Crippen LogP contribution in [0.4, 0.5) is 0 Å². The number of hydrogen-bond donors (Lipinski definition) is 0. The molecule has 6 heteroatoms. The lowest BCUT2D eigenvalue weighted by molar-refractivity contribution is -0.139. The summed E-state index contributed by atoms with van der Waals surface area (Å²) in [5, 5.41) is 0. The van der Waals surface area contributed by atoms with Gasteiger partial charge in [-0.1, -0.05) is 27.7 Å². The smallest absolute Gasteiger partial charge is 0.222 e. The van der Waals surface area contributed by atoms with Crippen LogP contribution in [-0.2, 0) is 14.4 Å². The molecule has 3 rings (SSSR count). The van der Waals surface area contributed by atoms with Crippen LogP contribution in [0.2, 0.25) is 0 Å². The van der Waals surface area contributed by atoms with Gasteiger partial charge >= 0.3 is 0 Å². The van der Waals surface area contributed by atoms with E-state index < -0.39 is 0 Å². The SMILES string of the molecule is CC(=O)N1CCC(C(C)CC2CCC(C(C)CCC(=O)N3CC(C(C)C)C3)N2C(C)=O)C1. The molecule has 0 aromatic carbocycles. The Labute approximate surface area is 195 Å². The van der Waals surface area contributed by atoms with Crippen LogP contribution in [0, 0.1) is 29.6 Å². The predicted molar refractivity (Wildman–Crippen MR) is 127 cm³/mol. The minimum atomic E-state index is 0.169. The molecule has 0 saturated carbocycles. The lowest BCUT2D eigenvalue weighted by Gasteiger charge is -2.42. The first kappa shape index (κ1) is 25.0. The highest BCUT2D eigenvalue weighted by Gasteiger charge is 2.40. The van der Waals surface area contributed by atoms with E-state index in [9.17, 15) is 14.4 Å². The second kappa shape index (κ2) is 10.6. The normalized spacial score (nSPS) is 28.2.